The first kappa shape index (κ1) is 15.2. The van der Waals surface area contributed by atoms with E-state index in [2.05, 4.69) is 40.4 Å². The summed E-state index contributed by atoms with van der Waals surface area (Å²) in [5.74, 6) is -0.294. The maximum absolute atomic E-state index is 12.1. The number of thiazole rings is 1. The number of anilines is 1. The Labute approximate surface area is 137 Å². The number of aromatic nitrogens is 2. The SMILES string of the molecule is Cc1cccc(Cc2cnc(NC(=O)c3ccc(=O)[nH]c3)s2)c1. The monoisotopic (exact) mass is 325 g/mol. The van der Waals surface area contributed by atoms with Crippen molar-refractivity contribution in [2.75, 3.05) is 5.32 Å². The number of H-pyrrole nitrogens is 1. The molecule has 0 radical (unpaired) electrons. The van der Waals surface area contributed by atoms with Crippen molar-refractivity contribution in [3.8, 4) is 0 Å². The summed E-state index contributed by atoms with van der Waals surface area (Å²) in [5.41, 5.74) is 2.59. The molecule has 0 aliphatic carbocycles. The number of rotatable bonds is 4. The van der Waals surface area contributed by atoms with Crippen molar-refractivity contribution >= 4 is 22.4 Å². The van der Waals surface area contributed by atoms with Crippen LogP contribution in [-0.2, 0) is 6.42 Å². The summed E-state index contributed by atoms with van der Waals surface area (Å²) in [5, 5.41) is 3.29. The summed E-state index contributed by atoms with van der Waals surface area (Å²) >= 11 is 1.44. The molecule has 1 aromatic carbocycles. The molecule has 2 N–H and O–H groups in total. The van der Waals surface area contributed by atoms with Gasteiger partial charge >= 0.3 is 0 Å². The van der Waals surface area contributed by atoms with Gasteiger partial charge in [-0.25, -0.2) is 4.98 Å². The lowest BCUT2D eigenvalue weighted by Crippen LogP contribution is -2.14. The van der Waals surface area contributed by atoms with Gasteiger partial charge in [0.1, 0.15) is 0 Å². The summed E-state index contributed by atoms with van der Waals surface area (Å²) in [4.78, 5) is 30.9. The zero-order chi connectivity index (χ0) is 16.2. The Bertz CT molecular complexity index is 878. The van der Waals surface area contributed by atoms with Crippen molar-refractivity contribution in [2.24, 2.45) is 0 Å². The van der Waals surface area contributed by atoms with Crippen molar-refractivity contribution < 1.29 is 4.79 Å². The molecule has 3 rings (SSSR count). The predicted molar refractivity (Wildman–Crippen MR) is 91.1 cm³/mol. The van der Waals surface area contributed by atoms with Gasteiger partial charge in [0.2, 0.25) is 5.56 Å². The van der Waals surface area contributed by atoms with E-state index in [9.17, 15) is 9.59 Å². The summed E-state index contributed by atoms with van der Waals surface area (Å²) in [6.45, 7) is 2.06. The van der Waals surface area contributed by atoms with Gasteiger partial charge in [-0.2, -0.15) is 0 Å². The molecule has 6 heteroatoms. The third kappa shape index (κ3) is 3.92. The fourth-order valence-corrected chi connectivity index (χ4v) is 3.03. The maximum Gasteiger partial charge on any atom is 0.258 e. The standard InChI is InChI=1S/C17H15N3O2S/c1-11-3-2-4-12(7-11)8-14-10-19-17(23-14)20-16(22)13-5-6-15(21)18-9-13/h2-7,9-10H,8H2,1H3,(H,18,21)(H,19,20,22). The fraction of sp³-hybridized carbons (Fsp3) is 0.118. The van der Waals surface area contributed by atoms with Crippen LogP contribution in [0.2, 0.25) is 0 Å². The average Bonchev–Trinajstić information content (AvgIpc) is 2.95. The van der Waals surface area contributed by atoms with Crippen molar-refractivity contribution in [2.45, 2.75) is 13.3 Å². The molecule has 0 bridgehead atoms. The molecule has 0 aliphatic heterocycles. The van der Waals surface area contributed by atoms with E-state index in [1.165, 1.54) is 40.8 Å². The number of carbonyl (C=O) groups is 1. The summed E-state index contributed by atoms with van der Waals surface area (Å²) in [6.07, 6.45) is 3.95. The Kier molecular flexibility index (Phi) is 4.34. The fourth-order valence-electron chi connectivity index (χ4n) is 2.19. The molecule has 1 amide bonds. The van der Waals surface area contributed by atoms with Crippen LogP contribution in [0, 0.1) is 6.92 Å². The van der Waals surface area contributed by atoms with Gasteiger partial charge in [-0.1, -0.05) is 29.8 Å². The van der Waals surface area contributed by atoms with E-state index in [-0.39, 0.29) is 11.5 Å². The van der Waals surface area contributed by atoms with E-state index >= 15 is 0 Å². The largest absolute Gasteiger partial charge is 0.328 e. The van der Waals surface area contributed by atoms with Crippen LogP contribution in [-0.4, -0.2) is 15.9 Å². The van der Waals surface area contributed by atoms with Crippen LogP contribution < -0.4 is 10.9 Å². The number of aromatic amines is 1. The number of hydrogen-bond acceptors (Lipinski definition) is 4. The Hall–Kier alpha value is -2.73. The quantitative estimate of drug-likeness (QED) is 0.774. The molecule has 2 aromatic heterocycles. The van der Waals surface area contributed by atoms with Crippen molar-refractivity contribution in [1.29, 1.82) is 0 Å². The molecule has 0 aliphatic rings. The number of pyridine rings is 1. The van der Waals surface area contributed by atoms with E-state index in [0.717, 1.165) is 11.3 Å². The first-order valence-corrected chi connectivity index (χ1v) is 7.92. The van der Waals surface area contributed by atoms with Crippen LogP contribution in [0.25, 0.3) is 0 Å². The lowest BCUT2D eigenvalue weighted by molar-refractivity contribution is 0.102. The Balaban J connectivity index is 1.68. The molecule has 0 saturated carbocycles. The number of carbonyl (C=O) groups excluding carboxylic acids is 1. The van der Waals surface area contributed by atoms with Gasteiger partial charge in [-0.05, 0) is 18.6 Å². The molecule has 0 fully saturated rings. The Morgan fingerprint density at radius 3 is 2.91 bits per heavy atom. The van der Waals surface area contributed by atoms with Gasteiger partial charge in [0.15, 0.2) is 5.13 Å². The molecule has 5 nitrogen and oxygen atoms in total. The Morgan fingerprint density at radius 1 is 1.30 bits per heavy atom. The van der Waals surface area contributed by atoms with Gasteiger partial charge in [0, 0.05) is 29.8 Å². The molecule has 0 atom stereocenters. The van der Waals surface area contributed by atoms with Gasteiger partial charge in [0.05, 0.1) is 5.56 Å². The van der Waals surface area contributed by atoms with Gasteiger partial charge in [0.25, 0.3) is 5.91 Å². The minimum Gasteiger partial charge on any atom is -0.328 e. The minimum atomic E-state index is -0.294. The van der Waals surface area contributed by atoms with E-state index in [1.54, 1.807) is 6.20 Å². The molecule has 2 heterocycles. The maximum atomic E-state index is 12.1. The highest BCUT2D eigenvalue weighted by Crippen LogP contribution is 2.22. The lowest BCUT2D eigenvalue weighted by Gasteiger charge is -2.01. The molecular formula is C17H15N3O2S. The average molecular weight is 325 g/mol. The highest BCUT2D eigenvalue weighted by Gasteiger charge is 2.09. The number of nitrogens with one attached hydrogen (secondary N) is 2. The topological polar surface area (TPSA) is 74.8 Å². The zero-order valence-electron chi connectivity index (χ0n) is 12.5. The lowest BCUT2D eigenvalue weighted by atomic mass is 10.1. The number of amides is 1. The third-order valence-electron chi connectivity index (χ3n) is 3.28. The van der Waals surface area contributed by atoms with Crippen LogP contribution in [0.4, 0.5) is 5.13 Å². The molecule has 0 saturated heterocycles. The van der Waals surface area contributed by atoms with Gasteiger partial charge < -0.3 is 4.98 Å². The zero-order valence-corrected chi connectivity index (χ0v) is 13.3. The number of hydrogen-bond donors (Lipinski definition) is 2. The first-order valence-electron chi connectivity index (χ1n) is 7.10. The second kappa shape index (κ2) is 6.58. The number of nitrogens with zero attached hydrogens (tertiary/aromatic N) is 1. The number of benzene rings is 1. The second-order valence-corrected chi connectivity index (χ2v) is 6.31. The van der Waals surface area contributed by atoms with Crippen molar-refractivity contribution in [3.63, 3.8) is 0 Å². The first-order chi connectivity index (χ1) is 11.1. The number of aryl methyl sites for hydroxylation is 1. The van der Waals surface area contributed by atoms with Gasteiger partial charge in [-0.3, -0.25) is 14.9 Å². The highest BCUT2D eigenvalue weighted by molar-refractivity contribution is 7.15. The van der Waals surface area contributed by atoms with E-state index in [0.29, 0.717) is 10.7 Å². The smallest absolute Gasteiger partial charge is 0.258 e. The highest BCUT2D eigenvalue weighted by atomic mass is 32.1. The molecule has 23 heavy (non-hydrogen) atoms. The molecule has 0 unspecified atom stereocenters. The predicted octanol–water partition coefficient (Wildman–Crippen LogP) is 2.98. The minimum absolute atomic E-state index is 0.240. The van der Waals surface area contributed by atoms with Crippen LogP contribution in [0.15, 0.2) is 53.6 Å². The molecule has 0 spiro atoms. The van der Waals surface area contributed by atoms with E-state index in [4.69, 9.17) is 0 Å². The normalized spacial score (nSPS) is 10.5. The summed E-state index contributed by atoms with van der Waals surface area (Å²) in [7, 11) is 0. The Morgan fingerprint density at radius 2 is 2.17 bits per heavy atom. The molecule has 3 aromatic rings. The van der Waals surface area contributed by atoms with Crippen LogP contribution in [0.1, 0.15) is 26.4 Å². The van der Waals surface area contributed by atoms with Crippen LogP contribution in [0.3, 0.4) is 0 Å². The van der Waals surface area contributed by atoms with Gasteiger partial charge in [-0.15, -0.1) is 11.3 Å². The van der Waals surface area contributed by atoms with Crippen LogP contribution >= 0.6 is 11.3 Å². The summed E-state index contributed by atoms with van der Waals surface area (Å²) in [6, 6.07) is 11.1. The van der Waals surface area contributed by atoms with Crippen molar-refractivity contribution in [3.05, 3.63) is 80.7 Å². The van der Waals surface area contributed by atoms with E-state index in [1.807, 2.05) is 6.07 Å². The van der Waals surface area contributed by atoms with Crippen molar-refractivity contribution in [1.82, 2.24) is 9.97 Å². The van der Waals surface area contributed by atoms with Crippen LogP contribution in [0.5, 0.6) is 0 Å². The third-order valence-corrected chi connectivity index (χ3v) is 4.19. The molecular weight excluding hydrogens is 310 g/mol. The summed E-state index contributed by atoms with van der Waals surface area (Å²) < 4.78 is 0. The second-order valence-electron chi connectivity index (χ2n) is 5.19. The van der Waals surface area contributed by atoms with E-state index < -0.39 is 0 Å². The molecule has 116 valence electrons.